The van der Waals surface area contributed by atoms with E-state index in [1.54, 1.807) is 7.11 Å². The third kappa shape index (κ3) is 2.80. The summed E-state index contributed by atoms with van der Waals surface area (Å²) in [5.41, 5.74) is 0. The van der Waals surface area contributed by atoms with Crippen molar-refractivity contribution in [3.8, 4) is 0 Å². The Balaban J connectivity index is 2.46. The number of hydrogen-bond donors (Lipinski definition) is 0. The molecule has 1 fully saturated rings. The second-order valence-electron chi connectivity index (χ2n) is 4.28. The van der Waals surface area contributed by atoms with Crippen LogP contribution in [-0.4, -0.2) is 19.0 Å². The highest BCUT2D eigenvalue weighted by Gasteiger charge is 2.28. The van der Waals surface area contributed by atoms with Gasteiger partial charge in [0.15, 0.2) is 0 Å². The van der Waals surface area contributed by atoms with Crippen LogP contribution >= 0.6 is 0 Å². The summed E-state index contributed by atoms with van der Waals surface area (Å²) in [7, 11) is 1.74. The molecule has 0 radical (unpaired) electrons. The van der Waals surface area contributed by atoms with Crippen LogP contribution in [0.1, 0.15) is 39.5 Å². The SMILES string of the molecule is COC1CCCC(C(=O)C(C)C)C1. The van der Waals surface area contributed by atoms with Crippen LogP contribution in [0.4, 0.5) is 0 Å². The van der Waals surface area contributed by atoms with Crippen LogP contribution in [0.2, 0.25) is 0 Å². The van der Waals surface area contributed by atoms with Gasteiger partial charge in [-0.25, -0.2) is 0 Å². The number of ether oxygens (including phenoxy) is 1. The number of methoxy groups -OCH3 is 1. The van der Waals surface area contributed by atoms with Gasteiger partial charge in [-0.3, -0.25) is 4.79 Å². The van der Waals surface area contributed by atoms with Crippen LogP contribution in [0.15, 0.2) is 0 Å². The summed E-state index contributed by atoms with van der Waals surface area (Å²) in [5, 5.41) is 0. The van der Waals surface area contributed by atoms with Gasteiger partial charge < -0.3 is 4.74 Å². The molecule has 1 rings (SSSR count). The van der Waals surface area contributed by atoms with Crippen molar-refractivity contribution < 1.29 is 9.53 Å². The summed E-state index contributed by atoms with van der Waals surface area (Å²) < 4.78 is 5.30. The van der Waals surface area contributed by atoms with Crippen molar-refractivity contribution >= 4 is 5.78 Å². The Morgan fingerprint density at radius 1 is 1.38 bits per heavy atom. The van der Waals surface area contributed by atoms with Crippen LogP contribution in [-0.2, 0) is 9.53 Å². The molecule has 1 saturated carbocycles. The molecule has 2 heteroatoms. The van der Waals surface area contributed by atoms with E-state index in [1.807, 2.05) is 13.8 Å². The molecule has 2 atom stereocenters. The van der Waals surface area contributed by atoms with E-state index in [1.165, 1.54) is 0 Å². The van der Waals surface area contributed by atoms with Crippen LogP contribution in [0.25, 0.3) is 0 Å². The lowest BCUT2D eigenvalue weighted by molar-refractivity contribution is -0.128. The van der Waals surface area contributed by atoms with Crippen molar-refractivity contribution in [1.82, 2.24) is 0 Å². The lowest BCUT2D eigenvalue weighted by Gasteiger charge is -2.28. The highest BCUT2D eigenvalue weighted by molar-refractivity contribution is 5.82. The predicted octanol–water partition coefficient (Wildman–Crippen LogP) is 2.42. The van der Waals surface area contributed by atoms with Crippen molar-refractivity contribution in [3.05, 3.63) is 0 Å². The van der Waals surface area contributed by atoms with E-state index in [9.17, 15) is 4.79 Å². The molecule has 0 saturated heterocycles. The summed E-state index contributed by atoms with van der Waals surface area (Å²) in [5.74, 6) is 0.862. The van der Waals surface area contributed by atoms with E-state index in [0.717, 1.165) is 25.7 Å². The van der Waals surface area contributed by atoms with Crippen LogP contribution in [0.5, 0.6) is 0 Å². The van der Waals surface area contributed by atoms with Gasteiger partial charge in [-0.2, -0.15) is 0 Å². The zero-order chi connectivity index (χ0) is 9.84. The van der Waals surface area contributed by atoms with Crippen molar-refractivity contribution in [3.63, 3.8) is 0 Å². The molecule has 0 N–H and O–H groups in total. The Morgan fingerprint density at radius 2 is 2.08 bits per heavy atom. The minimum Gasteiger partial charge on any atom is -0.381 e. The fourth-order valence-corrected chi connectivity index (χ4v) is 2.09. The fraction of sp³-hybridized carbons (Fsp3) is 0.909. The van der Waals surface area contributed by atoms with Crippen LogP contribution in [0, 0.1) is 11.8 Å². The Kier molecular flexibility index (Phi) is 3.91. The van der Waals surface area contributed by atoms with E-state index in [2.05, 4.69) is 0 Å². The second-order valence-corrected chi connectivity index (χ2v) is 4.28. The van der Waals surface area contributed by atoms with Gasteiger partial charge in [0.1, 0.15) is 5.78 Å². The molecule has 0 bridgehead atoms. The second kappa shape index (κ2) is 4.75. The maximum absolute atomic E-state index is 11.7. The topological polar surface area (TPSA) is 26.3 Å². The van der Waals surface area contributed by atoms with Gasteiger partial charge in [-0.15, -0.1) is 0 Å². The fourth-order valence-electron chi connectivity index (χ4n) is 2.09. The van der Waals surface area contributed by atoms with Gasteiger partial charge in [0.25, 0.3) is 0 Å². The van der Waals surface area contributed by atoms with Gasteiger partial charge in [-0.05, 0) is 19.3 Å². The monoisotopic (exact) mass is 184 g/mol. The molecule has 0 aliphatic heterocycles. The number of Topliss-reactive ketones (excluding diaryl/α,β-unsaturated/α-hetero) is 1. The zero-order valence-corrected chi connectivity index (χ0v) is 8.88. The number of ketones is 1. The Hall–Kier alpha value is -0.370. The standard InChI is InChI=1S/C11H20O2/c1-8(2)11(12)9-5-4-6-10(7-9)13-3/h8-10H,4-7H2,1-3H3. The normalized spacial score (nSPS) is 29.2. The van der Waals surface area contributed by atoms with Gasteiger partial charge >= 0.3 is 0 Å². The average Bonchev–Trinajstić information content (AvgIpc) is 2.16. The molecule has 1 aliphatic carbocycles. The number of hydrogen-bond acceptors (Lipinski definition) is 2. The summed E-state index contributed by atoms with van der Waals surface area (Å²) in [6, 6.07) is 0. The maximum Gasteiger partial charge on any atom is 0.138 e. The van der Waals surface area contributed by atoms with Crippen molar-refractivity contribution in [2.75, 3.05) is 7.11 Å². The van der Waals surface area contributed by atoms with E-state index in [-0.39, 0.29) is 11.8 Å². The third-order valence-corrected chi connectivity index (χ3v) is 2.93. The molecule has 0 aromatic rings. The minimum atomic E-state index is 0.181. The molecule has 0 heterocycles. The summed E-state index contributed by atoms with van der Waals surface area (Å²) >= 11 is 0. The van der Waals surface area contributed by atoms with Gasteiger partial charge in [0.2, 0.25) is 0 Å². The molecule has 0 amide bonds. The van der Waals surface area contributed by atoms with E-state index < -0.39 is 0 Å². The minimum absolute atomic E-state index is 0.181. The van der Waals surface area contributed by atoms with Crippen molar-refractivity contribution in [2.24, 2.45) is 11.8 Å². The average molecular weight is 184 g/mol. The number of carbonyl (C=O) groups excluding carboxylic acids is 1. The molecule has 76 valence electrons. The van der Waals surface area contributed by atoms with Crippen LogP contribution < -0.4 is 0 Å². The quantitative estimate of drug-likeness (QED) is 0.673. The molecule has 0 aromatic carbocycles. The first kappa shape index (κ1) is 10.7. The van der Waals surface area contributed by atoms with Crippen molar-refractivity contribution in [2.45, 2.75) is 45.6 Å². The summed E-state index contributed by atoms with van der Waals surface area (Å²) in [6.45, 7) is 3.97. The predicted molar refractivity (Wildman–Crippen MR) is 52.6 cm³/mol. The molecule has 2 unspecified atom stereocenters. The van der Waals surface area contributed by atoms with Crippen molar-refractivity contribution in [1.29, 1.82) is 0 Å². The highest BCUT2D eigenvalue weighted by atomic mass is 16.5. The molecular formula is C11H20O2. The van der Waals surface area contributed by atoms with Gasteiger partial charge in [0.05, 0.1) is 6.10 Å². The summed E-state index contributed by atoms with van der Waals surface area (Å²) in [6.07, 6.45) is 4.59. The van der Waals surface area contributed by atoms with E-state index in [4.69, 9.17) is 4.74 Å². The number of carbonyl (C=O) groups is 1. The van der Waals surface area contributed by atoms with E-state index in [0.29, 0.717) is 11.9 Å². The number of rotatable bonds is 3. The smallest absolute Gasteiger partial charge is 0.138 e. The lowest BCUT2D eigenvalue weighted by atomic mass is 9.81. The maximum atomic E-state index is 11.7. The van der Waals surface area contributed by atoms with E-state index >= 15 is 0 Å². The molecule has 1 aliphatic rings. The third-order valence-electron chi connectivity index (χ3n) is 2.93. The first-order chi connectivity index (χ1) is 6.15. The Morgan fingerprint density at radius 3 is 2.62 bits per heavy atom. The largest absolute Gasteiger partial charge is 0.381 e. The lowest BCUT2D eigenvalue weighted by Crippen LogP contribution is -2.29. The Labute approximate surface area is 80.7 Å². The molecule has 13 heavy (non-hydrogen) atoms. The molecule has 0 aromatic heterocycles. The van der Waals surface area contributed by atoms with Gasteiger partial charge in [0, 0.05) is 18.9 Å². The summed E-state index contributed by atoms with van der Waals surface area (Å²) in [4.78, 5) is 11.7. The zero-order valence-electron chi connectivity index (χ0n) is 8.88. The first-order valence-electron chi connectivity index (χ1n) is 5.21. The highest BCUT2D eigenvalue weighted by Crippen LogP contribution is 2.28. The Bertz CT molecular complexity index is 175. The molecule has 2 nitrogen and oxygen atoms in total. The van der Waals surface area contributed by atoms with Gasteiger partial charge in [-0.1, -0.05) is 20.3 Å². The first-order valence-corrected chi connectivity index (χ1v) is 5.21. The van der Waals surface area contributed by atoms with Crippen LogP contribution in [0.3, 0.4) is 0 Å². The molecular weight excluding hydrogens is 164 g/mol. The molecule has 0 spiro atoms.